The van der Waals surface area contributed by atoms with Gasteiger partial charge < -0.3 is 9.15 Å². The summed E-state index contributed by atoms with van der Waals surface area (Å²) in [6.07, 6.45) is -3.15. The Bertz CT molecular complexity index is 1030. The topological polar surface area (TPSA) is 65.2 Å². The maximum Gasteiger partial charge on any atom is 0.416 e. The number of ether oxygens (including phenoxy) is 1. The molecule has 0 N–H and O–H groups in total. The van der Waals surface area contributed by atoms with E-state index in [1.54, 1.807) is 0 Å². The van der Waals surface area contributed by atoms with Gasteiger partial charge in [0.1, 0.15) is 5.82 Å². The number of benzene rings is 2. The summed E-state index contributed by atoms with van der Waals surface area (Å²) in [6.45, 7) is 1.50. The van der Waals surface area contributed by atoms with Crippen molar-refractivity contribution in [3.8, 4) is 11.5 Å². The number of nitrogens with zero attached hydrogens (tertiary/aromatic N) is 2. The van der Waals surface area contributed by atoms with Crippen LogP contribution in [0.25, 0.3) is 17.5 Å². The molecule has 0 spiro atoms. The molecule has 0 amide bonds. The average molecular weight is 406 g/mol. The van der Waals surface area contributed by atoms with Crippen molar-refractivity contribution in [2.24, 2.45) is 0 Å². The highest BCUT2D eigenvalue weighted by atomic mass is 19.4. The highest BCUT2D eigenvalue weighted by molar-refractivity contribution is 5.87. The smallest absolute Gasteiger partial charge is 0.416 e. The molecule has 150 valence electrons. The van der Waals surface area contributed by atoms with Crippen molar-refractivity contribution in [2.75, 3.05) is 0 Å². The number of hydrogen-bond acceptors (Lipinski definition) is 5. The lowest BCUT2D eigenvalue weighted by Crippen LogP contribution is -2.06. The molecule has 1 heterocycles. The molecule has 1 atom stereocenters. The monoisotopic (exact) mass is 406 g/mol. The van der Waals surface area contributed by atoms with Crippen LogP contribution in [0, 0.1) is 5.82 Å². The zero-order valence-electron chi connectivity index (χ0n) is 15.0. The molecule has 0 radical (unpaired) electrons. The van der Waals surface area contributed by atoms with Crippen LogP contribution in [-0.4, -0.2) is 16.2 Å². The summed E-state index contributed by atoms with van der Waals surface area (Å²) in [5.41, 5.74) is -0.130. The Hall–Kier alpha value is -3.49. The first kappa shape index (κ1) is 20.2. The van der Waals surface area contributed by atoms with Crippen LogP contribution in [0.4, 0.5) is 17.6 Å². The molecule has 9 heteroatoms. The van der Waals surface area contributed by atoms with E-state index in [0.29, 0.717) is 5.56 Å². The number of carbonyl (C=O) groups excluding carboxylic acids is 1. The predicted molar refractivity (Wildman–Crippen MR) is 94.7 cm³/mol. The van der Waals surface area contributed by atoms with Gasteiger partial charge in [-0.1, -0.05) is 12.1 Å². The second kappa shape index (κ2) is 8.26. The van der Waals surface area contributed by atoms with Crippen LogP contribution in [0.3, 0.4) is 0 Å². The average Bonchev–Trinajstić information content (AvgIpc) is 3.17. The van der Waals surface area contributed by atoms with Crippen molar-refractivity contribution in [3.05, 3.63) is 77.4 Å². The third-order valence-electron chi connectivity index (χ3n) is 3.80. The van der Waals surface area contributed by atoms with Gasteiger partial charge >= 0.3 is 12.1 Å². The van der Waals surface area contributed by atoms with Gasteiger partial charge in [-0.3, -0.25) is 0 Å². The lowest BCUT2D eigenvalue weighted by molar-refractivity contribution is -0.143. The molecule has 1 aromatic heterocycles. The van der Waals surface area contributed by atoms with Crippen LogP contribution in [-0.2, 0) is 15.7 Å². The van der Waals surface area contributed by atoms with Gasteiger partial charge in [0.15, 0.2) is 6.10 Å². The standard InChI is InChI=1S/C20H14F4N2O3/c1-12(18-25-26-19(29-18)14-6-8-16(21)9-7-14)28-17(27)10-5-13-3-2-4-15(11-13)20(22,23)24/h2-12H,1H3/b10-5+/t12-/m0/s1. The van der Waals surface area contributed by atoms with Crippen LogP contribution in [0.1, 0.15) is 30.0 Å². The molecule has 2 aromatic carbocycles. The Morgan fingerprint density at radius 3 is 2.55 bits per heavy atom. The quantitative estimate of drug-likeness (QED) is 0.331. The van der Waals surface area contributed by atoms with E-state index in [-0.39, 0.29) is 17.3 Å². The Morgan fingerprint density at radius 1 is 1.14 bits per heavy atom. The molecular formula is C20H14F4N2O3. The van der Waals surface area contributed by atoms with Gasteiger partial charge in [-0.2, -0.15) is 13.2 Å². The Labute approximate surface area is 162 Å². The van der Waals surface area contributed by atoms with E-state index in [4.69, 9.17) is 9.15 Å². The van der Waals surface area contributed by atoms with Crippen molar-refractivity contribution in [2.45, 2.75) is 19.2 Å². The number of esters is 1. The molecule has 3 rings (SSSR count). The number of hydrogen-bond donors (Lipinski definition) is 0. The normalized spacial score (nSPS) is 12.9. The summed E-state index contributed by atoms with van der Waals surface area (Å²) in [7, 11) is 0. The summed E-state index contributed by atoms with van der Waals surface area (Å²) in [6, 6.07) is 9.91. The second-order valence-electron chi connectivity index (χ2n) is 5.99. The van der Waals surface area contributed by atoms with Gasteiger partial charge in [-0.15, -0.1) is 10.2 Å². The van der Waals surface area contributed by atoms with E-state index in [9.17, 15) is 22.4 Å². The van der Waals surface area contributed by atoms with E-state index >= 15 is 0 Å². The lowest BCUT2D eigenvalue weighted by Gasteiger charge is -2.08. The largest absolute Gasteiger partial charge is 0.449 e. The number of alkyl halides is 3. The van der Waals surface area contributed by atoms with Gasteiger partial charge in [0.05, 0.1) is 5.56 Å². The van der Waals surface area contributed by atoms with E-state index in [2.05, 4.69) is 10.2 Å². The molecule has 0 saturated heterocycles. The Balaban J connectivity index is 1.64. The van der Waals surface area contributed by atoms with Crippen molar-refractivity contribution in [1.82, 2.24) is 10.2 Å². The van der Waals surface area contributed by atoms with Crippen LogP contribution < -0.4 is 0 Å². The highest BCUT2D eigenvalue weighted by Gasteiger charge is 2.30. The zero-order valence-corrected chi connectivity index (χ0v) is 15.0. The molecule has 5 nitrogen and oxygen atoms in total. The van der Waals surface area contributed by atoms with Gasteiger partial charge in [0.2, 0.25) is 5.89 Å². The number of rotatable bonds is 5. The molecule has 3 aromatic rings. The molecule has 0 unspecified atom stereocenters. The van der Waals surface area contributed by atoms with Crippen LogP contribution in [0.2, 0.25) is 0 Å². The summed E-state index contributed by atoms with van der Waals surface area (Å²) in [4.78, 5) is 11.9. The zero-order chi connectivity index (χ0) is 21.0. The maximum atomic E-state index is 13.0. The summed E-state index contributed by atoms with van der Waals surface area (Å²) in [5.74, 6) is -1.06. The first-order valence-corrected chi connectivity index (χ1v) is 8.37. The SMILES string of the molecule is C[C@H](OC(=O)/C=C/c1cccc(C(F)(F)F)c1)c1nnc(-c2ccc(F)cc2)o1. The molecule has 0 fully saturated rings. The van der Waals surface area contributed by atoms with Crippen LogP contribution >= 0.6 is 0 Å². The minimum Gasteiger partial charge on any atom is -0.449 e. The summed E-state index contributed by atoms with van der Waals surface area (Å²) >= 11 is 0. The third-order valence-corrected chi connectivity index (χ3v) is 3.80. The summed E-state index contributed by atoms with van der Waals surface area (Å²) < 4.78 is 61.6. The number of carbonyl (C=O) groups is 1. The maximum absolute atomic E-state index is 13.0. The van der Waals surface area contributed by atoms with Gasteiger partial charge in [-0.25, -0.2) is 9.18 Å². The third kappa shape index (κ3) is 5.28. The van der Waals surface area contributed by atoms with Crippen LogP contribution in [0.15, 0.2) is 59.0 Å². The van der Waals surface area contributed by atoms with E-state index < -0.39 is 29.6 Å². The van der Waals surface area contributed by atoms with E-state index in [1.807, 2.05) is 0 Å². The number of aromatic nitrogens is 2. The summed E-state index contributed by atoms with van der Waals surface area (Å²) in [5, 5.41) is 7.60. The first-order chi connectivity index (χ1) is 13.7. The van der Waals surface area contributed by atoms with Crippen molar-refractivity contribution in [3.63, 3.8) is 0 Å². The number of halogens is 4. The van der Waals surface area contributed by atoms with E-state index in [1.165, 1.54) is 49.4 Å². The molecular weight excluding hydrogens is 392 g/mol. The molecule has 0 aliphatic rings. The second-order valence-corrected chi connectivity index (χ2v) is 5.99. The van der Waals surface area contributed by atoms with Gasteiger partial charge in [0.25, 0.3) is 5.89 Å². The first-order valence-electron chi connectivity index (χ1n) is 8.37. The molecule has 29 heavy (non-hydrogen) atoms. The minimum absolute atomic E-state index is 0.0187. The fraction of sp³-hybridized carbons (Fsp3) is 0.150. The molecule has 0 aliphatic carbocycles. The van der Waals surface area contributed by atoms with Gasteiger partial charge in [0, 0.05) is 11.6 Å². The molecule has 0 saturated carbocycles. The van der Waals surface area contributed by atoms with Crippen LogP contribution in [0.5, 0.6) is 0 Å². The predicted octanol–water partition coefficient (Wildman–Crippen LogP) is 5.21. The fourth-order valence-electron chi connectivity index (χ4n) is 2.35. The van der Waals surface area contributed by atoms with Crippen molar-refractivity contribution < 1.29 is 31.5 Å². The Morgan fingerprint density at radius 2 is 1.86 bits per heavy atom. The fourth-order valence-corrected chi connectivity index (χ4v) is 2.35. The highest BCUT2D eigenvalue weighted by Crippen LogP contribution is 2.29. The van der Waals surface area contributed by atoms with Gasteiger partial charge in [-0.05, 0) is 55.0 Å². The molecule has 0 aliphatic heterocycles. The van der Waals surface area contributed by atoms with Crippen molar-refractivity contribution >= 4 is 12.0 Å². The van der Waals surface area contributed by atoms with E-state index in [0.717, 1.165) is 18.2 Å². The minimum atomic E-state index is -4.47. The lowest BCUT2D eigenvalue weighted by atomic mass is 10.1. The van der Waals surface area contributed by atoms with Crippen molar-refractivity contribution in [1.29, 1.82) is 0 Å². The molecule has 0 bridgehead atoms. The Kier molecular flexibility index (Phi) is 5.76.